The highest BCUT2D eigenvalue weighted by molar-refractivity contribution is 9.11. The molecule has 1 amide bonds. The zero-order chi connectivity index (χ0) is 11.3. The first-order valence-electron chi connectivity index (χ1n) is 5.35. The second kappa shape index (κ2) is 3.55. The Morgan fingerprint density at radius 1 is 1.50 bits per heavy atom. The van der Waals surface area contributed by atoms with E-state index in [4.69, 9.17) is 0 Å². The number of carbonyl (C=O) groups excluding carboxylic acids is 1. The van der Waals surface area contributed by atoms with Gasteiger partial charge in [0, 0.05) is 0 Å². The standard InChI is InChI=1S/C11H12BrNO2S/c12-9-4-3-8(16-9)10(14)13-5-11(15,6-13)7-1-2-7/h3-4,7,15H,1-2,5-6H2. The Morgan fingerprint density at radius 3 is 2.69 bits per heavy atom. The number of carbonyl (C=O) groups is 1. The second-order valence-electron chi connectivity index (χ2n) is 4.64. The third kappa shape index (κ3) is 1.71. The molecule has 3 rings (SSSR count). The molecule has 1 aromatic rings. The fraction of sp³-hybridized carbons (Fsp3) is 0.545. The van der Waals surface area contributed by atoms with Crippen LogP contribution < -0.4 is 0 Å². The molecule has 5 heteroatoms. The van der Waals surface area contributed by atoms with Gasteiger partial charge in [0.05, 0.1) is 21.8 Å². The number of halogens is 1. The van der Waals surface area contributed by atoms with Crippen LogP contribution in [0.3, 0.4) is 0 Å². The highest BCUT2D eigenvalue weighted by Gasteiger charge is 2.53. The van der Waals surface area contributed by atoms with Gasteiger partial charge in [0.15, 0.2) is 0 Å². The Morgan fingerprint density at radius 2 is 2.19 bits per heavy atom. The number of thiophene rings is 1. The summed E-state index contributed by atoms with van der Waals surface area (Å²) in [5, 5.41) is 10.1. The number of aliphatic hydroxyl groups is 1. The number of nitrogens with zero attached hydrogens (tertiary/aromatic N) is 1. The summed E-state index contributed by atoms with van der Waals surface area (Å²) in [6, 6.07) is 3.70. The highest BCUT2D eigenvalue weighted by atomic mass is 79.9. The summed E-state index contributed by atoms with van der Waals surface area (Å²) in [5.41, 5.74) is -0.579. The van der Waals surface area contributed by atoms with Crippen molar-refractivity contribution >= 4 is 33.2 Å². The fourth-order valence-electron chi connectivity index (χ4n) is 2.22. The molecule has 1 saturated heterocycles. The Kier molecular flexibility index (Phi) is 2.38. The van der Waals surface area contributed by atoms with Crippen LogP contribution in [-0.2, 0) is 0 Å². The molecule has 0 spiro atoms. The van der Waals surface area contributed by atoms with Crippen molar-refractivity contribution < 1.29 is 9.90 Å². The molecule has 1 saturated carbocycles. The zero-order valence-corrected chi connectivity index (χ0v) is 11.1. The Labute approximate surface area is 106 Å². The average molecular weight is 302 g/mol. The van der Waals surface area contributed by atoms with Crippen LogP contribution in [0.25, 0.3) is 0 Å². The molecular weight excluding hydrogens is 290 g/mol. The number of likely N-dealkylation sites (tertiary alicyclic amines) is 1. The maximum atomic E-state index is 12.0. The largest absolute Gasteiger partial charge is 0.386 e. The van der Waals surface area contributed by atoms with Crippen LogP contribution in [0.2, 0.25) is 0 Å². The topological polar surface area (TPSA) is 40.5 Å². The zero-order valence-electron chi connectivity index (χ0n) is 8.65. The SMILES string of the molecule is O=C(c1ccc(Br)s1)N1CC(O)(C2CC2)C1. The summed E-state index contributed by atoms with van der Waals surface area (Å²) in [5.74, 6) is 0.479. The van der Waals surface area contributed by atoms with Gasteiger partial charge in [0.25, 0.3) is 5.91 Å². The molecule has 0 unspecified atom stereocenters. The van der Waals surface area contributed by atoms with Gasteiger partial charge in [-0.05, 0) is 46.8 Å². The van der Waals surface area contributed by atoms with E-state index in [1.165, 1.54) is 11.3 Å². The van der Waals surface area contributed by atoms with Crippen LogP contribution in [0.4, 0.5) is 0 Å². The molecule has 2 fully saturated rings. The van der Waals surface area contributed by atoms with Gasteiger partial charge in [0.1, 0.15) is 5.60 Å². The molecule has 0 atom stereocenters. The predicted octanol–water partition coefficient (Wildman–Crippen LogP) is 2.11. The summed E-state index contributed by atoms with van der Waals surface area (Å²) >= 11 is 4.78. The van der Waals surface area contributed by atoms with Crippen LogP contribution in [0.5, 0.6) is 0 Å². The summed E-state index contributed by atoms with van der Waals surface area (Å²) in [6.45, 7) is 1.01. The van der Waals surface area contributed by atoms with E-state index in [9.17, 15) is 9.90 Å². The maximum absolute atomic E-state index is 12.0. The summed E-state index contributed by atoms with van der Waals surface area (Å²) in [4.78, 5) is 14.4. The van der Waals surface area contributed by atoms with Crippen LogP contribution in [0.1, 0.15) is 22.5 Å². The monoisotopic (exact) mass is 301 g/mol. The Bertz CT molecular complexity index is 435. The first kappa shape index (κ1) is 10.7. The molecular formula is C11H12BrNO2S. The third-order valence-corrected chi connectivity index (χ3v) is 4.95. The van der Waals surface area contributed by atoms with Gasteiger partial charge in [-0.3, -0.25) is 4.79 Å². The van der Waals surface area contributed by atoms with E-state index < -0.39 is 5.60 Å². The molecule has 0 bridgehead atoms. The van der Waals surface area contributed by atoms with E-state index in [1.54, 1.807) is 4.90 Å². The predicted molar refractivity (Wildman–Crippen MR) is 65.6 cm³/mol. The minimum atomic E-state index is -0.579. The molecule has 0 aromatic carbocycles. The van der Waals surface area contributed by atoms with Gasteiger partial charge in [0.2, 0.25) is 0 Å². The van der Waals surface area contributed by atoms with E-state index in [0.29, 0.717) is 19.0 Å². The Hall–Kier alpha value is -0.390. The first-order chi connectivity index (χ1) is 7.58. The molecule has 1 aliphatic carbocycles. The molecule has 1 aliphatic heterocycles. The van der Waals surface area contributed by atoms with Crippen molar-refractivity contribution in [2.24, 2.45) is 5.92 Å². The number of hydrogen-bond acceptors (Lipinski definition) is 3. The van der Waals surface area contributed by atoms with Gasteiger partial charge >= 0.3 is 0 Å². The van der Waals surface area contributed by atoms with Gasteiger partial charge in [-0.25, -0.2) is 0 Å². The second-order valence-corrected chi connectivity index (χ2v) is 7.11. The van der Waals surface area contributed by atoms with E-state index in [0.717, 1.165) is 21.5 Å². The lowest BCUT2D eigenvalue weighted by Gasteiger charge is -2.46. The van der Waals surface area contributed by atoms with Gasteiger partial charge in [-0.1, -0.05) is 0 Å². The summed E-state index contributed by atoms with van der Waals surface area (Å²) < 4.78 is 0.967. The molecule has 2 heterocycles. The fourth-order valence-corrected chi connectivity index (χ4v) is 3.58. The highest BCUT2D eigenvalue weighted by Crippen LogP contribution is 2.45. The Balaban J connectivity index is 1.66. The van der Waals surface area contributed by atoms with Crippen molar-refractivity contribution in [1.29, 1.82) is 0 Å². The number of rotatable bonds is 2. The molecule has 16 heavy (non-hydrogen) atoms. The number of hydrogen-bond donors (Lipinski definition) is 1. The van der Waals surface area contributed by atoms with Crippen molar-refractivity contribution in [2.45, 2.75) is 18.4 Å². The quantitative estimate of drug-likeness (QED) is 0.909. The lowest BCUT2D eigenvalue weighted by Crippen LogP contribution is -2.64. The van der Waals surface area contributed by atoms with E-state index >= 15 is 0 Å². The van der Waals surface area contributed by atoms with Gasteiger partial charge < -0.3 is 10.0 Å². The van der Waals surface area contributed by atoms with Crippen LogP contribution in [-0.4, -0.2) is 34.6 Å². The van der Waals surface area contributed by atoms with Crippen molar-refractivity contribution in [3.05, 3.63) is 20.8 Å². The van der Waals surface area contributed by atoms with Crippen molar-refractivity contribution in [3.63, 3.8) is 0 Å². The minimum Gasteiger partial charge on any atom is -0.386 e. The van der Waals surface area contributed by atoms with Crippen LogP contribution >= 0.6 is 27.3 Å². The van der Waals surface area contributed by atoms with Crippen molar-refractivity contribution in [2.75, 3.05) is 13.1 Å². The smallest absolute Gasteiger partial charge is 0.264 e. The molecule has 1 N–H and O–H groups in total. The van der Waals surface area contributed by atoms with Gasteiger partial charge in [-0.2, -0.15) is 0 Å². The van der Waals surface area contributed by atoms with E-state index in [1.807, 2.05) is 12.1 Å². The number of amides is 1. The van der Waals surface area contributed by atoms with E-state index in [2.05, 4.69) is 15.9 Å². The van der Waals surface area contributed by atoms with E-state index in [-0.39, 0.29) is 5.91 Å². The number of β-amino-alcohol motifs (C(OH)–C–C–N with tert-alkyl or cyclic N) is 1. The average Bonchev–Trinajstić information content (AvgIpc) is 2.96. The molecule has 0 radical (unpaired) electrons. The third-order valence-electron chi connectivity index (χ3n) is 3.34. The molecule has 2 aliphatic rings. The van der Waals surface area contributed by atoms with Crippen molar-refractivity contribution in [1.82, 2.24) is 4.90 Å². The first-order valence-corrected chi connectivity index (χ1v) is 6.96. The minimum absolute atomic E-state index is 0.0426. The summed E-state index contributed by atoms with van der Waals surface area (Å²) in [6.07, 6.45) is 2.23. The molecule has 86 valence electrons. The lowest BCUT2D eigenvalue weighted by atomic mass is 9.88. The van der Waals surface area contributed by atoms with Crippen molar-refractivity contribution in [3.8, 4) is 0 Å². The molecule has 1 aromatic heterocycles. The van der Waals surface area contributed by atoms with Crippen LogP contribution in [0.15, 0.2) is 15.9 Å². The van der Waals surface area contributed by atoms with Gasteiger partial charge in [-0.15, -0.1) is 11.3 Å². The summed E-state index contributed by atoms with van der Waals surface area (Å²) in [7, 11) is 0. The maximum Gasteiger partial charge on any atom is 0.264 e. The van der Waals surface area contributed by atoms with Crippen LogP contribution in [0, 0.1) is 5.92 Å². The normalized spacial score (nSPS) is 23.0. The molecule has 3 nitrogen and oxygen atoms in total. The lowest BCUT2D eigenvalue weighted by molar-refractivity contribution is -0.0956.